The summed E-state index contributed by atoms with van der Waals surface area (Å²) in [6.07, 6.45) is 6.96. The van der Waals surface area contributed by atoms with Crippen LogP contribution in [-0.2, 0) is 9.59 Å². The summed E-state index contributed by atoms with van der Waals surface area (Å²) >= 11 is 4.97. The van der Waals surface area contributed by atoms with Gasteiger partial charge >= 0.3 is 0 Å². The standard InChI is InChI=1S/C12H20N2O2S/c1-2-3-4-5-6-7-8-14-11(16)9-10(15)13-12(14)17/h2-9H2,1H3,(H,13,15,17). The van der Waals surface area contributed by atoms with Gasteiger partial charge in [-0.1, -0.05) is 39.0 Å². The van der Waals surface area contributed by atoms with Crippen molar-refractivity contribution in [2.75, 3.05) is 6.54 Å². The van der Waals surface area contributed by atoms with E-state index >= 15 is 0 Å². The van der Waals surface area contributed by atoms with Crippen molar-refractivity contribution in [3.05, 3.63) is 0 Å². The highest BCUT2D eigenvalue weighted by Gasteiger charge is 2.27. The van der Waals surface area contributed by atoms with E-state index < -0.39 is 0 Å². The summed E-state index contributed by atoms with van der Waals surface area (Å²) in [6, 6.07) is 0. The Bertz CT molecular complexity index is 285. The minimum atomic E-state index is -0.292. The zero-order valence-corrected chi connectivity index (χ0v) is 11.1. The van der Waals surface area contributed by atoms with E-state index in [1.807, 2.05) is 0 Å². The molecule has 1 rings (SSSR count). The van der Waals surface area contributed by atoms with E-state index in [0.717, 1.165) is 12.8 Å². The van der Waals surface area contributed by atoms with Crippen LogP contribution in [0.2, 0.25) is 0 Å². The molecule has 2 amide bonds. The molecule has 1 N–H and O–H groups in total. The van der Waals surface area contributed by atoms with Gasteiger partial charge in [0.05, 0.1) is 0 Å². The van der Waals surface area contributed by atoms with Crippen molar-refractivity contribution in [3.63, 3.8) is 0 Å². The molecule has 0 saturated carbocycles. The number of carbonyl (C=O) groups excluding carboxylic acids is 2. The maximum Gasteiger partial charge on any atom is 0.238 e. The Morgan fingerprint density at radius 1 is 1.18 bits per heavy atom. The van der Waals surface area contributed by atoms with Crippen LogP contribution in [0.1, 0.15) is 51.9 Å². The molecule has 5 heteroatoms. The van der Waals surface area contributed by atoms with Gasteiger partial charge < -0.3 is 5.32 Å². The minimum Gasteiger partial charge on any atom is -0.302 e. The van der Waals surface area contributed by atoms with Gasteiger partial charge in [0, 0.05) is 6.54 Å². The molecule has 1 aliphatic rings. The fourth-order valence-corrected chi connectivity index (χ4v) is 2.16. The first kappa shape index (κ1) is 14.1. The molecule has 0 aromatic rings. The number of unbranched alkanes of at least 4 members (excludes halogenated alkanes) is 5. The van der Waals surface area contributed by atoms with Crippen molar-refractivity contribution in [3.8, 4) is 0 Å². The van der Waals surface area contributed by atoms with Crippen LogP contribution >= 0.6 is 12.2 Å². The lowest BCUT2D eigenvalue weighted by Gasteiger charge is -2.27. The number of rotatable bonds is 7. The van der Waals surface area contributed by atoms with Gasteiger partial charge in [-0.15, -0.1) is 0 Å². The van der Waals surface area contributed by atoms with Gasteiger partial charge in [0.1, 0.15) is 6.42 Å². The van der Waals surface area contributed by atoms with Crippen molar-refractivity contribution >= 4 is 29.1 Å². The number of hydrogen-bond donors (Lipinski definition) is 1. The third-order valence-corrected chi connectivity index (χ3v) is 3.16. The molecular formula is C12H20N2O2S. The van der Waals surface area contributed by atoms with E-state index in [2.05, 4.69) is 12.2 Å². The summed E-state index contributed by atoms with van der Waals surface area (Å²) in [5.41, 5.74) is 0. The van der Waals surface area contributed by atoms with Crippen LogP contribution < -0.4 is 5.32 Å². The van der Waals surface area contributed by atoms with Crippen LogP contribution in [0.3, 0.4) is 0 Å². The van der Waals surface area contributed by atoms with Crippen molar-refractivity contribution in [1.29, 1.82) is 0 Å². The third kappa shape index (κ3) is 4.81. The zero-order chi connectivity index (χ0) is 12.7. The highest BCUT2D eigenvalue weighted by Crippen LogP contribution is 2.09. The smallest absolute Gasteiger partial charge is 0.238 e. The number of hydrogen-bond acceptors (Lipinski definition) is 3. The summed E-state index contributed by atoms with van der Waals surface area (Å²) in [5, 5.41) is 2.78. The van der Waals surface area contributed by atoms with Crippen LogP contribution in [0.25, 0.3) is 0 Å². The predicted molar refractivity (Wildman–Crippen MR) is 70.4 cm³/mol. The lowest BCUT2D eigenvalue weighted by Crippen LogP contribution is -2.52. The molecule has 1 heterocycles. The summed E-state index contributed by atoms with van der Waals surface area (Å²) in [6.45, 7) is 2.82. The van der Waals surface area contributed by atoms with Crippen LogP contribution in [0, 0.1) is 0 Å². The van der Waals surface area contributed by atoms with Gasteiger partial charge in [-0.25, -0.2) is 0 Å². The zero-order valence-electron chi connectivity index (χ0n) is 10.3. The molecule has 0 bridgehead atoms. The topological polar surface area (TPSA) is 49.4 Å². The lowest BCUT2D eigenvalue weighted by atomic mass is 10.1. The summed E-state index contributed by atoms with van der Waals surface area (Å²) in [4.78, 5) is 24.1. The average Bonchev–Trinajstić information content (AvgIpc) is 2.26. The molecule has 0 aromatic carbocycles. The summed E-state index contributed by atoms with van der Waals surface area (Å²) in [7, 11) is 0. The van der Waals surface area contributed by atoms with Crippen LogP contribution in [0.4, 0.5) is 0 Å². The Kier molecular flexibility index (Phi) is 6.11. The first-order valence-corrected chi connectivity index (χ1v) is 6.70. The van der Waals surface area contributed by atoms with Gasteiger partial charge in [0.15, 0.2) is 5.11 Å². The van der Waals surface area contributed by atoms with Gasteiger partial charge in [-0.05, 0) is 18.6 Å². The molecule has 4 nitrogen and oxygen atoms in total. The van der Waals surface area contributed by atoms with Crippen LogP contribution in [0.5, 0.6) is 0 Å². The lowest BCUT2D eigenvalue weighted by molar-refractivity contribution is -0.134. The van der Waals surface area contributed by atoms with E-state index in [9.17, 15) is 9.59 Å². The second-order valence-corrected chi connectivity index (χ2v) is 4.73. The predicted octanol–water partition coefficient (Wildman–Crippen LogP) is 1.98. The highest BCUT2D eigenvalue weighted by molar-refractivity contribution is 7.80. The number of nitrogens with one attached hydrogen (secondary N) is 1. The fraction of sp³-hybridized carbons (Fsp3) is 0.750. The Hall–Kier alpha value is -0.970. The van der Waals surface area contributed by atoms with Gasteiger partial charge in [0.25, 0.3) is 0 Å². The Balaban J connectivity index is 2.19. The molecule has 96 valence electrons. The van der Waals surface area contributed by atoms with Gasteiger partial charge in [0.2, 0.25) is 11.8 Å². The maximum absolute atomic E-state index is 11.6. The highest BCUT2D eigenvalue weighted by atomic mass is 32.1. The normalized spacial score (nSPS) is 16.3. The van der Waals surface area contributed by atoms with Crippen LogP contribution in [-0.4, -0.2) is 28.4 Å². The molecule has 0 aliphatic carbocycles. The van der Waals surface area contributed by atoms with Crippen molar-refractivity contribution in [1.82, 2.24) is 10.2 Å². The van der Waals surface area contributed by atoms with Crippen molar-refractivity contribution < 1.29 is 9.59 Å². The van der Waals surface area contributed by atoms with Crippen LogP contribution in [0.15, 0.2) is 0 Å². The molecule has 1 saturated heterocycles. The summed E-state index contributed by atoms with van der Waals surface area (Å²) in [5.74, 6) is -0.466. The van der Waals surface area contributed by atoms with E-state index in [1.165, 1.54) is 30.6 Å². The molecule has 0 atom stereocenters. The summed E-state index contributed by atoms with van der Waals surface area (Å²) < 4.78 is 0. The molecule has 1 aliphatic heterocycles. The monoisotopic (exact) mass is 256 g/mol. The second-order valence-electron chi connectivity index (χ2n) is 4.34. The third-order valence-electron chi connectivity index (χ3n) is 2.84. The second kappa shape index (κ2) is 7.37. The van der Waals surface area contributed by atoms with E-state index in [1.54, 1.807) is 0 Å². The maximum atomic E-state index is 11.6. The quantitative estimate of drug-likeness (QED) is 0.430. The molecule has 17 heavy (non-hydrogen) atoms. The number of nitrogens with zero attached hydrogens (tertiary/aromatic N) is 1. The first-order chi connectivity index (χ1) is 8.15. The molecule has 0 aromatic heterocycles. The van der Waals surface area contributed by atoms with E-state index in [0.29, 0.717) is 6.54 Å². The number of thiocarbonyl (C=S) groups is 1. The molecular weight excluding hydrogens is 236 g/mol. The largest absolute Gasteiger partial charge is 0.302 e. The first-order valence-electron chi connectivity index (χ1n) is 6.29. The molecule has 0 spiro atoms. The van der Waals surface area contributed by atoms with Crippen molar-refractivity contribution in [2.24, 2.45) is 0 Å². The van der Waals surface area contributed by atoms with Crippen molar-refractivity contribution in [2.45, 2.75) is 51.9 Å². The van der Waals surface area contributed by atoms with Gasteiger partial charge in [-0.2, -0.15) is 0 Å². The molecule has 0 radical (unpaired) electrons. The van der Waals surface area contributed by atoms with E-state index in [4.69, 9.17) is 12.2 Å². The van der Waals surface area contributed by atoms with Gasteiger partial charge in [-0.3, -0.25) is 14.5 Å². The Morgan fingerprint density at radius 2 is 1.82 bits per heavy atom. The molecule has 1 fully saturated rings. The van der Waals surface area contributed by atoms with E-state index in [-0.39, 0.29) is 23.3 Å². The minimum absolute atomic E-state index is 0.0734. The average molecular weight is 256 g/mol. The number of carbonyl (C=O) groups is 2. The molecule has 0 unspecified atom stereocenters. The Labute approximate surface area is 108 Å². The number of amides is 2. The SMILES string of the molecule is CCCCCCCCN1C(=O)CC(=O)NC1=S. The Morgan fingerprint density at radius 3 is 2.47 bits per heavy atom. The fourth-order valence-electron chi connectivity index (χ4n) is 1.85.